The predicted molar refractivity (Wildman–Crippen MR) is 145 cm³/mol. The molecule has 2 aliphatic heterocycles. The number of ether oxygens (including phenoxy) is 1. The number of carbonyl (C=O) groups is 3. The van der Waals surface area contributed by atoms with Crippen LogP contribution in [0.3, 0.4) is 0 Å². The molecule has 4 rings (SSSR count). The Labute approximate surface area is 231 Å². The molecule has 38 heavy (non-hydrogen) atoms. The molecule has 1 atom stereocenters. The molecule has 2 saturated heterocycles. The summed E-state index contributed by atoms with van der Waals surface area (Å²) in [6, 6.07) is 6.46. The van der Waals surface area contributed by atoms with Crippen molar-refractivity contribution in [2.45, 2.75) is 49.6 Å². The maximum absolute atomic E-state index is 13.5. The Morgan fingerprint density at radius 1 is 1.18 bits per heavy atom. The summed E-state index contributed by atoms with van der Waals surface area (Å²) in [6.07, 6.45) is 2.03. The lowest BCUT2D eigenvalue weighted by molar-refractivity contribution is -0.153. The van der Waals surface area contributed by atoms with Crippen molar-refractivity contribution in [1.29, 1.82) is 0 Å². The van der Waals surface area contributed by atoms with Crippen LogP contribution in [0.1, 0.15) is 40.9 Å². The Morgan fingerprint density at radius 3 is 2.55 bits per heavy atom. The molecule has 206 valence electrons. The van der Waals surface area contributed by atoms with Crippen LogP contribution in [-0.4, -0.2) is 76.5 Å². The van der Waals surface area contributed by atoms with Gasteiger partial charge >= 0.3 is 5.97 Å². The van der Waals surface area contributed by atoms with Crippen LogP contribution in [0.5, 0.6) is 0 Å². The summed E-state index contributed by atoms with van der Waals surface area (Å²) in [5.74, 6) is -1.31. The van der Waals surface area contributed by atoms with Gasteiger partial charge in [-0.3, -0.25) is 14.4 Å². The van der Waals surface area contributed by atoms with E-state index in [0.717, 1.165) is 24.4 Å². The second-order valence-corrected chi connectivity index (χ2v) is 12.9. The van der Waals surface area contributed by atoms with Crippen molar-refractivity contribution in [3.8, 4) is 0 Å². The van der Waals surface area contributed by atoms with Crippen LogP contribution in [-0.2, 0) is 24.3 Å². The summed E-state index contributed by atoms with van der Waals surface area (Å²) >= 11 is 6.99. The molecule has 0 spiro atoms. The fourth-order valence-corrected chi connectivity index (χ4v) is 6.99. The SMILES string of the molecule is Cc1c(N2CCCC2=O)cccc1S(=O)(=O)N[C@@H](CNC(=O)c1ccc(Cl)s1)C(=O)OC1CCN(C)CC1. The molecule has 2 fully saturated rings. The van der Waals surface area contributed by atoms with E-state index in [1.807, 2.05) is 7.05 Å². The van der Waals surface area contributed by atoms with E-state index in [9.17, 15) is 22.8 Å². The third-order valence-electron chi connectivity index (χ3n) is 6.70. The standard InChI is InChI=1S/C25H31ClN4O6S2/c1-16-19(30-12-4-7-23(30)31)5-3-6-21(16)38(34,35)28-18(15-27-24(32)20-8-9-22(26)37-20)25(33)36-17-10-13-29(2)14-11-17/h3,5-6,8-9,17-18,28H,4,7,10-15H2,1-2H3,(H,27,32)/t18-/m0/s1. The Morgan fingerprint density at radius 2 is 1.92 bits per heavy atom. The minimum Gasteiger partial charge on any atom is -0.461 e. The summed E-state index contributed by atoms with van der Waals surface area (Å²) < 4.78 is 35.6. The number of hydrogen-bond donors (Lipinski definition) is 2. The van der Waals surface area contributed by atoms with Crippen LogP contribution in [0.25, 0.3) is 0 Å². The number of thiophene rings is 1. The molecule has 0 unspecified atom stereocenters. The van der Waals surface area contributed by atoms with Gasteiger partial charge in [0.05, 0.1) is 14.1 Å². The number of nitrogens with one attached hydrogen (secondary N) is 2. The third-order valence-corrected chi connectivity index (χ3v) is 9.55. The van der Waals surface area contributed by atoms with E-state index in [1.54, 1.807) is 36.1 Å². The van der Waals surface area contributed by atoms with Crippen molar-refractivity contribution in [1.82, 2.24) is 14.9 Å². The second-order valence-electron chi connectivity index (χ2n) is 9.48. The molecule has 0 radical (unpaired) electrons. The van der Waals surface area contributed by atoms with Crippen LogP contribution in [0.4, 0.5) is 5.69 Å². The molecule has 2 aromatic rings. The van der Waals surface area contributed by atoms with Gasteiger partial charge in [0, 0.05) is 38.3 Å². The van der Waals surface area contributed by atoms with Gasteiger partial charge in [0.25, 0.3) is 5.91 Å². The van der Waals surface area contributed by atoms with Gasteiger partial charge in [-0.05, 0) is 63.1 Å². The van der Waals surface area contributed by atoms with Gasteiger partial charge in [-0.25, -0.2) is 8.42 Å². The Balaban J connectivity index is 1.54. The molecule has 0 aliphatic carbocycles. The van der Waals surface area contributed by atoms with Crippen molar-refractivity contribution < 1.29 is 27.5 Å². The number of carbonyl (C=O) groups excluding carboxylic acids is 3. The molecule has 10 nitrogen and oxygen atoms in total. The maximum atomic E-state index is 13.5. The maximum Gasteiger partial charge on any atom is 0.326 e. The lowest BCUT2D eigenvalue weighted by atomic mass is 10.1. The van der Waals surface area contributed by atoms with Crippen molar-refractivity contribution in [2.24, 2.45) is 0 Å². The first-order chi connectivity index (χ1) is 18.0. The van der Waals surface area contributed by atoms with Crippen molar-refractivity contribution >= 4 is 56.4 Å². The minimum absolute atomic E-state index is 0.0526. The third kappa shape index (κ3) is 6.73. The summed E-state index contributed by atoms with van der Waals surface area (Å²) in [5, 5.41) is 2.61. The van der Waals surface area contributed by atoms with Gasteiger partial charge in [-0.1, -0.05) is 17.7 Å². The van der Waals surface area contributed by atoms with Crippen molar-refractivity contribution in [3.05, 3.63) is 45.1 Å². The normalized spacial score (nSPS) is 18.0. The summed E-state index contributed by atoms with van der Waals surface area (Å²) in [6.45, 7) is 3.34. The van der Waals surface area contributed by atoms with E-state index in [4.69, 9.17) is 16.3 Å². The van der Waals surface area contributed by atoms with Gasteiger partial charge in [0.2, 0.25) is 15.9 Å². The number of nitrogens with zero attached hydrogens (tertiary/aromatic N) is 2. The first-order valence-corrected chi connectivity index (χ1v) is 15.1. The summed E-state index contributed by atoms with van der Waals surface area (Å²) in [5.41, 5.74) is 0.915. The van der Waals surface area contributed by atoms with Gasteiger partial charge < -0.3 is 19.9 Å². The predicted octanol–water partition coefficient (Wildman–Crippen LogP) is 2.55. The average Bonchev–Trinajstić information content (AvgIpc) is 3.51. The Kier molecular flexibility index (Phi) is 9.09. The molecule has 2 N–H and O–H groups in total. The topological polar surface area (TPSA) is 125 Å². The molecule has 13 heteroatoms. The number of piperidine rings is 1. The zero-order valence-electron chi connectivity index (χ0n) is 21.2. The van der Waals surface area contributed by atoms with E-state index in [0.29, 0.717) is 52.7 Å². The quantitative estimate of drug-likeness (QED) is 0.435. The van der Waals surface area contributed by atoms with Crippen LogP contribution in [0.15, 0.2) is 35.2 Å². The summed E-state index contributed by atoms with van der Waals surface area (Å²) in [4.78, 5) is 42.0. The highest BCUT2D eigenvalue weighted by atomic mass is 35.5. The monoisotopic (exact) mass is 582 g/mol. The van der Waals surface area contributed by atoms with Crippen molar-refractivity contribution in [2.75, 3.05) is 38.1 Å². The highest BCUT2D eigenvalue weighted by Gasteiger charge is 2.32. The molecule has 0 saturated carbocycles. The van der Waals surface area contributed by atoms with Crippen molar-refractivity contribution in [3.63, 3.8) is 0 Å². The number of sulfonamides is 1. The van der Waals surface area contributed by atoms with Gasteiger partial charge in [-0.15, -0.1) is 11.3 Å². The first kappa shape index (κ1) is 28.5. The molecule has 2 aliphatic rings. The first-order valence-electron chi connectivity index (χ1n) is 12.4. The van der Waals surface area contributed by atoms with E-state index < -0.39 is 27.9 Å². The average molecular weight is 583 g/mol. The van der Waals surface area contributed by atoms with Crippen LogP contribution < -0.4 is 14.9 Å². The zero-order valence-corrected chi connectivity index (χ0v) is 23.6. The minimum atomic E-state index is -4.23. The Bertz CT molecular complexity index is 1310. The highest BCUT2D eigenvalue weighted by Crippen LogP contribution is 2.29. The molecule has 2 amide bonds. The molecule has 1 aromatic heterocycles. The number of rotatable bonds is 9. The van der Waals surface area contributed by atoms with E-state index in [1.165, 1.54) is 6.07 Å². The lowest BCUT2D eigenvalue weighted by Gasteiger charge is -2.30. The van der Waals surface area contributed by atoms with Gasteiger partial charge in [-0.2, -0.15) is 4.72 Å². The highest BCUT2D eigenvalue weighted by molar-refractivity contribution is 7.89. The van der Waals surface area contributed by atoms with Crippen LogP contribution in [0, 0.1) is 6.92 Å². The molecule has 1 aromatic carbocycles. The Hall–Kier alpha value is -2.51. The van der Waals surface area contributed by atoms with E-state index in [-0.39, 0.29) is 23.5 Å². The number of amides is 2. The number of esters is 1. The largest absolute Gasteiger partial charge is 0.461 e. The number of hydrogen-bond acceptors (Lipinski definition) is 8. The zero-order chi connectivity index (χ0) is 27.4. The van der Waals surface area contributed by atoms with E-state index in [2.05, 4.69) is 14.9 Å². The number of halogens is 1. The van der Waals surface area contributed by atoms with Crippen LogP contribution in [0.2, 0.25) is 4.34 Å². The lowest BCUT2D eigenvalue weighted by Crippen LogP contribution is -2.50. The second kappa shape index (κ2) is 12.1. The molecular weight excluding hydrogens is 552 g/mol. The molecule has 3 heterocycles. The molecule has 0 bridgehead atoms. The number of benzene rings is 1. The summed E-state index contributed by atoms with van der Waals surface area (Å²) in [7, 11) is -2.25. The van der Waals surface area contributed by atoms with E-state index >= 15 is 0 Å². The number of likely N-dealkylation sites (tertiary alicyclic amines) is 1. The molecular formula is C25H31ClN4O6S2. The van der Waals surface area contributed by atoms with Gasteiger partial charge in [0.1, 0.15) is 12.1 Å². The fraction of sp³-hybridized carbons (Fsp3) is 0.480. The fourth-order valence-electron chi connectivity index (χ4n) is 4.58. The van der Waals surface area contributed by atoms with Crippen LogP contribution >= 0.6 is 22.9 Å². The van der Waals surface area contributed by atoms with Gasteiger partial charge in [0.15, 0.2) is 0 Å². The number of anilines is 1. The smallest absolute Gasteiger partial charge is 0.326 e.